The van der Waals surface area contributed by atoms with Gasteiger partial charge in [0.2, 0.25) is 0 Å². The van der Waals surface area contributed by atoms with E-state index < -0.39 is 0 Å². The summed E-state index contributed by atoms with van der Waals surface area (Å²) >= 11 is 1.29. The number of ether oxygens (including phenoxy) is 1. The van der Waals surface area contributed by atoms with E-state index in [-0.39, 0.29) is 11.7 Å². The lowest BCUT2D eigenvalue weighted by atomic mass is 10.1. The summed E-state index contributed by atoms with van der Waals surface area (Å²) in [5, 5.41) is 13.6. The highest BCUT2D eigenvalue weighted by atomic mass is 32.2. The van der Waals surface area contributed by atoms with Crippen molar-refractivity contribution in [3.63, 3.8) is 0 Å². The van der Waals surface area contributed by atoms with Gasteiger partial charge in [0.25, 0.3) is 5.91 Å². The third kappa shape index (κ3) is 5.49. The second-order valence-electron chi connectivity index (χ2n) is 7.47. The van der Waals surface area contributed by atoms with Gasteiger partial charge in [0.15, 0.2) is 11.0 Å². The van der Waals surface area contributed by atoms with Crippen LogP contribution in [0.1, 0.15) is 18.1 Å². The molecule has 0 saturated heterocycles. The largest absolute Gasteiger partial charge is 0.497 e. The first-order chi connectivity index (χ1) is 16.5. The number of pyridine rings is 1. The van der Waals surface area contributed by atoms with Crippen LogP contribution >= 0.6 is 11.8 Å². The van der Waals surface area contributed by atoms with E-state index in [1.54, 1.807) is 19.5 Å². The van der Waals surface area contributed by atoms with Gasteiger partial charge in [-0.05, 0) is 44.2 Å². The minimum absolute atomic E-state index is 0.131. The van der Waals surface area contributed by atoms with Crippen LogP contribution < -0.4 is 10.2 Å². The van der Waals surface area contributed by atoms with E-state index in [2.05, 4.69) is 25.7 Å². The Morgan fingerprint density at radius 2 is 1.85 bits per heavy atom. The Hall–Kier alpha value is -3.98. The molecule has 0 bridgehead atoms. The zero-order valence-electron chi connectivity index (χ0n) is 19.1. The minimum atomic E-state index is -0.241. The van der Waals surface area contributed by atoms with Crippen molar-refractivity contribution in [3.8, 4) is 22.8 Å². The summed E-state index contributed by atoms with van der Waals surface area (Å²) in [6.45, 7) is 3.86. The molecule has 172 valence electrons. The number of benzene rings is 2. The van der Waals surface area contributed by atoms with Crippen LogP contribution in [-0.4, -0.2) is 44.2 Å². The maximum atomic E-state index is 12.5. The number of carbonyl (C=O) groups is 1. The zero-order valence-corrected chi connectivity index (χ0v) is 19.9. The van der Waals surface area contributed by atoms with Crippen LogP contribution in [0.5, 0.6) is 5.75 Å². The van der Waals surface area contributed by atoms with E-state index in [1.807, 2.05) is 79.1 Å². The van der Waals surface area contributed by atoms with Crippen molar-refractivity contribution in [2.45, 2.75) is 19.0 Å². The Labute approximate surface area is 202 Å². The first-order valence-corrected chi connectivity index (χ1v) is 11.6. The Morgan fingerprint density at radius 3 is 2.53 bits per heavy atom. The molecule has 9 heteroatoms. The highest BCUT2D eigenvalue weighted by molar-refractivity contribution is 7.99. The number of amides is 1. The minimum Gasteiger partial charge on any atom is -0.497 e. The van der Waals surface area contributed by atoms with E-state index in [9.17, 15) is 4.79 Å². The molecule has 0 unspecified atom stereocenters. The Morgan fingerprint density at radius 1 is 1.09 bits per heavy atom. The van der Waals surface area contributed by atoms with E-state index in [0.29, 0.717) is 16.7 Å². The van der Waals surface area contributed by atoms with Gasteiger partial charge in [0.1, 0.15) is 5.75 Å². The van der Waals surface area contributed by atoms with Crippen LogP contribution in [0, 0.1) is 6.92 Å². The number of nitrogens with zero attached hydrogens (tertiary/aromatic N) is 5. The molecule has 0 aliphatic carbocycles. The molecule has 0 atom stereocenters. The third-order valence-electron chi connectivity index (χ3n) is 5.03. The molecule has 0 saturated carbocycles. The lowest BCUT2D eigenvalue weighted by Crippen LogP contribution is -2.21. The van der Waals surface area contributed by atoms with Crippen molar-refractivity contribution in [2.24, 2.45) is 5.10 Å². The van der Waals surface area contributed by atoms with Crippen molar-refractivity contribution in [3.05, 3.63) is 84.2 Å². The highest BCUT2D eigenvalue weighted by Crippen LogP contribution is 2.29. The number of carbonyl (C=O) groups excluding carboxylic acids is 1. The van der Waals surface area contributed by atoms with Gasteiger partial charge in [0, 0.05) is 29.2 Å². The number of nitrogens with one attached hydrogen (secondary N) is 1. The fourth-order valence-electron chi connectivity index (χ4n) is 3.17. The molecule has 8 nitrogen and oxygen atoms in total. The summed E-state index contributed by atoms with van der Waals surface area (Å²) in [5.74, 6) is 1.34. The molecule has 2 aromatic heterocycles. The molecule has 0 aliphatic heterocycles. The summed E-state index contributed by atoms with van der Waals surface area (Å²) in [6, 6.07) is 19.4. The van der Waals surface area contributed by atoms with E-state index in [1.165, 1.54) is 11.8 Å². The van der Waals surface area contributed by atoms with Gasteiger partial charge in [0.05, 0.1) is 18.6 Å². The van der Waals surface area contributed by atoms with Gasteiger partial charge in [-0.25, -0.2) is 5.43 Å². The molecule has 2 aromatic carbocycles. The number of thioether (sulfide) groups is 1. The predicted octanol–water partition coefficient (Wildman–Crippen LogP) is 4.28. The molecule has 2 heterocycles. The summed E-state index contributed by atoms with van der Waals surface area (Å²) in [5.41, 5.74) is 7.08. The monoisotopic (exact) mass is 472 g/mol. The maximum Gasteiger partial charge on any atom is 0.250 e. The van der Waals surface area contributed by atoms with Gasteiger partial charge in [-0.15, -0.1) is 10.2 Å². The number of aryl methyl sites for hydroxylation is 1. The molecular formula is C25H24N6O2S. The quantitative estimate of drug-likeness (QED) is 0.234. The number of hydrogen-bond acceptors (Lipinski definition) is 7. The Kier molecular flexibility index (Phi) is 7.34. The van der Waals surface area contributed by atoms with Crippen LogP contribution in [0.2, 0.25) is 0 Å². The number of rotatable bonds is 8. The molecular weight excluding hydrogens is 448 g/mol. The van der Waals surface area contributed by atoms with Crippen LogP contribution in [0.3, 0.4) is 0 Å². The average Bonchev–Trinajstić information content (AvgIpc) is 3.31. The SMILES string of the molecule is COc1ccc(-n2c(SCC(=O)NN=C(C)c3cccnc3)nnc2-c2ccc(C)cc2)cc1. The number of methoxy groups -OCH3 is 1. The van der Waals surface area contributed by atoms with E-state index in [0.717, 1.165) is 28.1 Å². The van der Waals surface area contributed by atoms with Crippen LogP contribution in [0.4, 0.5) is 0 Å². The van der Waals surface area contributed by atoms with Crippen molar-refractivity contribution < 1.29 is 9.53 Å². The Balaban J connectivity index is 1.55. The second-order valence-corrected chi connectivity index (χ2v) is 8.41. The molecule has 0 spiro atoms. The lowest BCUT2D eigenvalue weighted by molar-refractivity contribution is -0.118. The van der Waals surface area contributed by atoms with Gasteiger partial charge in [-0.3, -0.25) is 14.3 Å². The predicted molar refractivity (Wildman–Crippen MR) is 133 cm³/mol. The van der Waals surface area contributed by atoms with Gasteiger partial charge in [-0.1, -0.05) is 47.7 Å². The molecule has 1 amide bonds. The summed E-state index contributed by atoms with van der Waals surface area (Å²) in [4.78, 5) is 16.5. The average molecular weight is 473 g/mol. The molecule has 0 radical (unpaired) electrons. The molecule has 34 heavy (non-hydrogen) atoms. The molecule has 4 rings (SSSR count). The van der Waals surface area contributed by atoms with Crippen molar-refractivity contribution in [1.29, 1.82) is 0 Å². The topological polar surface area (TPSA) is 94.3 Å². The molecule has 4 aromatic rings. The first kappa shape index (κ1) is 23.2. The van der Waals surface area contributed by atoms with Crippen molar-refractivity contribution in [2.75, 3.05) is 12.9 Å². The zero-order chi connectivity index (χ0) is 23.9. The van der Waals surface area contributed by atoms with Gasteiger partial charge >= 0.3 is 0 Å². The van der Waals surface area contributed by atoms with Crippen LogP contribution in [-0.2, 0) is 4.79 Å². The van der Waals surface area contributed by atoms with Gasteiger partial charge < -0.3 is 4.74 Å². The standard InChI is InChI=1S/C25H24N6O2S/c1-17-6-8-19(9-7-17)24-29-30-25(31(24)21-10-12-22(33-3)13-11-21)34-16-23(32)28-27-18(2)20-5-4-14-26-15-20/h4-15H,16H2,1-3H3,(H,28,32). The smallest absolute Gasteiger partial charge is 0.250 e. The fourth-order valence-corrected chi connectivity index (χ4v) is 3.91. The summed E-state index contributed by atoms with van der Waals surface area (Å²) < 4.78 is 7.22. The first-order valence-electron chi connectivity index (χ1n) is 10.6. The van der Waals surface area contributed by atoms with Crippen molar-refractivity contribution >= 4 is 23.4 Å². The molecule has 0 aliphatic rings. The van der Waals surface area contributed by atoms with E-state index >= 15 is 0 Å². The molecule has 0 fully saturated rings. The van der Waals surface area contributed by atoms with Crippen LogP contribution in [0.15, 0.2) is 83.3 Å². The van der Waals surface area contributed by atoms with Gasteiger partial charge in [-0.2, -0.15) is 5.10 Å². The normalized spacial score (nSPS) is 11.3. The fraction of sp³-hybridized carbons (Fsp3) is 0.160. The summed E-state index contributed by atoms with van der Waals surface area (Å²) in [7, 11) is 1.63. The van der Waals surface area contributed by atoms with Crippen LogP contribution in [0.25, 0.3) is 17.1 Å². The second kappa shape index (κ2) is 10.8. The highest BCUT2D eigenvalue weighted by Gasteiger charge is 2.17. The molecule has 1 N–H and O–H groups in total. The lowest BCUT2D eigenvalue weighted by Gasteiger charge is -2.11. The number of aromatic nitrogens is 4. The number of hydrazone groups is 1. The Bertz CT molecular complexity index is 1290. The summed E-state index contributed by atoms with van der Waals surface area (Å²) in [6.07, 6.45) is 3.39. The number of hydrogen-bond donors (Lipinski definition) is 1. The van der Waals surface area contributed by atoms with E-state index in [4.69, 9.17) is 4.74 Å². The third-order valence-corrected chi connectivity index (χ3v) is 5.96. The maximum absolute atomic E-state index is 12.5. The van der Waals surface area contributed by atoms with Crippen molar-refractivity contribution in [1.82, 2.24) is 25.2 Å².